The molecule has 1 aromatic carbocycles. The fourth-order valence-corrected chi connectivity index (χ4v) is 4.63. The van der Waals surface area contributed by atoms with Gasteiger partial charge in [0.25, 0.3) is 0 Å². The molecule has 0 amide bonds. The van der Waals surface area contributed by atoms with Crippen molar-refractivity contribution >= 4 is 39.0 Å². The Bertz CT molecular complexity index is 680. The molecule has 0 aliphatic heterocycles. The first kappa shape index (κ1) is 15.4. The van der Waals surface area contributed by atoms with Gasteiger partial charge < -0.3 is 5.11 Å². The van der Waals surface area contributed by atoms with Crippen LogP contribution in [0.1, 0.15) is 29.6 Å². The van der Waals surface area contributed by atoms with Gasteiger partial charge in [0.15, 0.2) is 9.84 Å². The molecule has 1 unspecified atom stereocenters. The minimum atomic E-state index is -3.71. The van der Waals surface area contributed by atoms with Crippen molar-refractivity contribution in [1.82, 2.24) is 0 Å². The van der Waals surface area contributed by atoms with Crippen LogP contribution in [0.25, 0.3) is 0 Å². The molecule has 0 radical (unpaired) electrons. The number of carbonyl (C=O) groups is 1. The minimum Gasteiger partial charge on any atom is -0.478 e. The second-order valence-corrected chi connectivity index (χ2v) is 7.46. The zero-order valence-electron chi connectivity index (χ0n) is 10.3. The number of sulfone groups is 1. The zero-order valence-corrected chi connectivity index (χ0v) is 12.7. The van der Waals surface area contributed by atoms with Gasteiger partial charge >= 0.3 is 5.97 Å². The van der Waals surface area contributed by atoms with Crippen molar-refractivity contribution in [2.75, 3.05) is 0 Å². The van der Waals surface area contributed by atoms with Crippen molar-refractivity contribution in [1.29, 1.82) is 0 Å². The van der Waals surface area contributed by atoms with Crippen molar-refractivity contribution in [3.8, 4) is 0 Å². The average Bonchev–Trinajstić information content (AvgIpc) is 2.39. The number of carboxylic acid groups (broad SMARTS) is 1. The molecule has 108 valence electrons. The highest BCUT2D eigenvalue weighted by Gasteiger charge is 2.30. The van der Waals surface area contributed by atoms with Crippen molar-refractivity contribution in [2.45, 2.75) is 29.4 Å². The quantitative estimate of drug-likeness (QED) is 0.857. The Labute approximate surface area is 126 Å². The lowest BCUT2D eigenvalue weighted by molar-refractivity contribution is 0.0697. The fourth-order valence-electron chi connectivity index (χ4n) is 2.11. The first-order valence-electron chi connectivity index (χ1n) is 5.97. The largest absolute Gasteiger partial charge is 0.478 e. The monoisotopic (exact) mass is 334 g/mol. The number of allylic oxidation sites excluding steroid dienone is 1. The molecule has 0 fully saturated rings. The molecule has 1 atom stereocenters. The van der Waals surface area contributed by atoms with E-state index in [9.17, 15) is 13.2 Å². The molecular weight excluding hydrogens is 323 g/mol. The maximum absolute atomic E-state index is 12.5. The molecule has 0 aromatic heterocycles. The molecule has 2 rings (SSSR count). The van der Waals surface area contributed by atoms with Gasteiger partial charge in [-0.2, -0.15) is 0 Å². The average molecular weight is 335 g/mol. The topological polar surface area (TPSA) is 71.4 Å². The lowest BCUT2D eigenvalue weighted by Crippen LogP contribution is -2.21. The van der Waals surface area contributed by atoms with E-state index in [1.54, 1.807) is 6.08 Å². The first-order chi connectivity index (χ1) is 9.34. The van der Waals surface area contributed by atoms with Crippen LogP contribution in [0, 0.1) is 0 Å². The lowest BCUT2D eigenvalue weighted by Gasteiger charge is -2.18. The van der Waals surface area contributed by atoms with Gasteiger partial charge in [0.2, 0.25) is 0 Å². The summed E-state index contributed by atoms with van der Waals surface area (Å²) in [6, 6.07) is 2.19. The van der Waals surface area contributed by atoms with E-state index in [0.29, 0.717) is 6.42 Å². The maximum atomic E-state index is 12.5. The number of carboxylic acids is 1. The van der Waals surface area contributed by atoms with Crippen LogP contribution >= 0.6 is 23.2 Å². The number of hydrogen-bond donors (Lipinski definition) is 1. The number of halogens is 2. The molecule has 0 heterocycles. The summed E-state index contributed by atoms with van der Waals surface area (Å²) in [5, 5.41) is 8.21. The molecule has 7 heteroatoms. The van der Waals surface area contributed by atoms with E-state index < -0.39 is 21.1 Å². The Morgan fingerprint density at radius 1 is 1.25 bits per heavy atom. The highest BCUT2D eigenvalue weighted by molar-refractivity contribution is 7.92. The van der Waals surface area contributed by atoms with Crippen LogP contribution in [0.2, 0.25) is 10.0 Å². The van der Waals surface area contributed by atoms with E-state index >= 15 is 0 Å². The second-order valence-electron chi connectivity index (χ2n) is 4.51. The van der Waals surface area contributed by atoms with Crippen LogP contribution in [0.3, 0.4) is 0 Å². The summed E-state index contributed by atoms with van der Waals surface area (Å²) in [6.45, 7) is 0. The van der Waals surface area contributed by atoms with E-state index in [4.69, 9.17) is 28.3 Å². The normalized spacial score (nSPS) is 19.0. The number of aromatic carboxylic acids is 1. The van der Waals surface area contributed by atoms with E-state index in [1.165, 1.54) is 0 Å². The van der Waals surface area contributed by atoms with Crippen LogP contribution in [-0.2, 0) is 9.84 Å². The van der Waals surface area contributed by atoms with Crippen LogP contribution in [0.5, 0.6) is 0 Å². The van der Waals surface area contributed by atoms with E-state index in [1.807, 2.05) is 6.08 Å². The molecule has 0 spiro atoms. The van der Waals surface area contributed by atoms with E-state index in [-0.39, 0.29) is 20.5 Å². The summed E-state index contributed by atoms with van der Waals surface area (Å²) in [4.78, 5) is 10.9. The third-order valence-electron chi connectivity index (χ3n) is 3.17. The fraction of sp³-hybridized carbons (Fsp3) is 0.308. The second kappa shape index (κ2) is 5.76. The third kappa shape index (κ3) is 2.85. The van der Waals surface area contributed by atoms with E-state index in [2.05, 4.69) is 0 Å². The zero-order chi connectivity index (χ0) is 14.9. The van der Waals surface area contributed by atoms with Crippen molar-refractivity contribution < 1.29 is 18.3 Å². The Hall–Kier alpha value is -1.04. The Balaban J connectivity index is 2.56. The summed E-state index contributed by atoms with van der Waals surface area (Å²) in [6.07, 6.45) is 5.57. The smallest absolute Gasteiger partial charge is 0.337 e. The summed E-state index contributed by atoms with van der Waals surface area (Å²) in [5.41, 5.74) is -0.269. The van der Waals surface area contributed by atoms with Crippen molar-refractivity contribution in [3.63, 3.8) is 0 Å². The number of hydrogen-bond acceptors (Lipinski definition) is 3. The van der Waals surface area contributed by atoms with Crippen LogP contribution in [-0.4, -0.2) is 24.7 Å². The van der Waals surface area contributed by atoms with Gasteiger partial charge in [0, 0.05) is 0 Å². The molecule has 1 aliphatic rings. The van der Waals surface area contributed by atoms with Gasteiger partial charge in [-0.05, 0) is 31.4 Å². The molecule has 1 aliphatic carbocycles. The predicted octanol–water partition coefficient (Wildman–Crippen LogP) is 3.57. The summed E-state index contributed by atoms with van der Waals surface area (Å²) >= 11 is 11.7. The minimum absolute atomic E-state index is 0.0565. The Kier molecular flexibility index (Phi) is 4.42. The summed E-state index contributed by atoms with van der Waals surface area (Å²) < 4.78 is 25.0. The Morgan fingerprint density at radius 3 is 2.50 bits per heavy atom. The lowest BCUT2D eigenvalue weighted by atomic mass is 10.1. The van der Waals surface area contributed by atoms with Gasteiger partial charge in [0.05, 0.1) is 25.8 Å². The highest BCUT2D eigenvalue weighted by Crippen LogP contribution is 2.33. The van der Waals surface area contributed by atoms with Crippen LogP contribution in [0.4, 0.5) is 0 Å². The molecule has 20 heavy (non-hydrogen) atoms. The highest BCUT2D eigenvalue weighted by atomic mass is 35.5. The number of benzene rings is 1. The third-order valence-corrected chi connectivity index (χ3v) is 6.05. The van der Waals surface area contributed by atoms with Gasteiger partial charge in [-0.3, -0.25) is 0 Å². The van der Waals surface area contributed by atoms with Gasteiger partial charge in [-0.15, -0.1) is 0 Å². The first-order valence-corrected chi connectivity index (χ1v) is 8.27. The van der Waals surface area contributed by atoms with Crippen LogP contribution in [0.15, 0.2) is 29.2 Å². The van der Waals surface area contributed by atoms with Crippen LogP contribution < -0.4 is 0 Å². The molecule has 1 aromatic rings. The molecule has 0 saturated carbocycles. The summed E-state index contributed by atoms with van der Waals surface area (Å²) in [7, 11) is -3.71. The SMILES string of the molecule is O=C(O)c1cc(S(=O)(=O)C2C=CCCC2)c(Cl)cc1Cl. The Morgan fingerprint density at radius 2 is 1.95 bits per heavy atom. The summed E-state index contributed by atoms with van der Waals surface area (Å²) in [5.74, 6) is -1.29. The van der Waals surface area contributed by atoms with Gasteiger partial charge in [-0.1, -0.05) is 35.4 Å². The maximum Gasteiger partial charge on any atom is 0.337 e. The number of rotatable bonds is 3. The molecule has 1 N–H and O–H groups in total. The van der Waals surface area contributed by atoms with Gasteiger partial charge in [0.1, 0.15) is 0 Å². The predicted molar refractivity (Wildman–Crippen MR) is 77.4 cm³/mol. The van der Waals surface area contributed by atoms with Crippen molar-refractivity contribution in [2.24, 2.45) is 0 Å². The molecule has 4 nitrogen and oxygen atoms in total. The molecule has 0 saturated heterocycles. The van der Waals surface area contributed by atoms with Gasteiger partial charge in [-0.25, -0.2) is 13.2 Å². The standard InChI is InChI=1S/C13H12Cl2O4S/c14-10-7-11(15)12(6-9(10)13(16)17)20(18,19)8-4-2-1-3-5-8/h2,4,6-8H,1,3,5H2,(H,16,17). The van der Waals surface area contributed by atoms with Crippen molar-refractivity contribution in [3.05, 3.63) is 39.9 Å². The van der Waals surface area contributed by atoms with E-state index in [0.717, 1.165) is 25.0 Å². The molecule has 0 bridgehead atoms. The molecular formula is C13H12Cl2O4S.